The second-order valence-corrected chi connectivity index (χ2v) is 6.52. The van der Waals surface area contributed by atoms with Gasteiger partial charge in [-0.2, -0.15) is 0 Å². The van der Waals surface area contributed by atoms with Crippen LogP contribution in [-0.2, 0) is 4.79 Å². The Hall–Kier alpha value is -2.49. The van der Waals surface area contributed by atoms with Crippen molar-refractivity contribution in [1.82, 2.24) is 0 Å². The van der Waals surface area contributed by atoms with Gasteiger partial charge in [0.1, 0.15) is 11.5 Å². The number of carbonyl (C=O) groups excluding carboxylic acids is 1. The molecule has 4 nitrogen and oxygen atoms in total. The number of rotatable bonds is 10. The van der Waals surface area contributed by atoms with E-state index in [1.54, 1.807) is 0 Å². The zero-order valence-electron chi connectivity index (χ0n) is 16.0. The Morgan fingerprint density at radius 3 is 2.50 bits per heavy atom. The van der Waals surface area contributed by atoms with Crippen molar-refractivity contribution in [3.63, 3.8) is 0 Å². The first-order chi connectivity index (χ1) is 12.6. The molecule has 2 aromatic rings. The van der Waals surface area contributed by atoms with Gasteiger partial charge in [0.25, 0.3) is 5.91 Å². The van der Waals surface area contributed by atoms with Gasteiger partial charge in [-0.1, -0.05) is 38.3 Å². The summed E-state index contributed by atoms with van der Waals surface area (Å²) in [4.78, 5) is 12.1. The molecule has 0 fully saturated rings. The molecule has 0 aliphatic heterocycles. The molecular formula is C22H29NO3. The molecule has 0 saturated heterocycles. The first-order valence-corrected chi connectivity index (χ1v) is 9.31. The molecule has 4 heteroatoms. The third kappa shape index (κ3) is 6.79. The van der Waals surface area contributed by atoms with Crippen molar-refractivity contribution in [2.24, 2.45) is 0 Å². The van der Waals surface area contributed by atoms with Crippen LogP contribution in [-0.4, -0.2) is 19.1 Å². The van der Waals surface area contributed by atoms with Crippen molar-refractivity contribution >= 4 is 11.6 Å². The third-order valence-electron chi connectivity index (χ3n) is 4.23. The fourth-order valence-corrected chi connectivity index (χ4v) is 2.53. The lowest BCUT2D eigenvalue weighted by molar-refractivity contribution is -0.118. The van der Waals surface area contributed by atoms with Gasteiger partial charge in [-0.05, 0) is 55.7 Å². The van der Waals surface area contributed by atoms with Gasteiger partial charge >= 0.3 is 0 Å². The number of unbranched alkanes of at least 4 members (excludes halogenated alkanes) is 3. The Morgan fingerprint density at radius 1 is 0.923 bits per heavy atom. The largest absolute Gasteiger partial charge is 0.494 e. The molecular weight excluding hydrogens is 326 g/mol. The fourth-order valence-electron chi connectivity index (χ4n) is 2.53. The average Bonchev–Trinajstić information content (AvgIpc) is 2.63. The van der Waals surface area contributed by atoms with Crippen LogP contribution in [0, 0.1) is 13.8 Å². The molecule has 0 radical (unpaired) electrons. The molecule has 0 heterocycles. The summed E-state index contributed by atoms with van der Waals surface area (Å²) >= 11 is 0. The Labute approximate surface area is 156 Å². The van der Waals surface area contributed by atoms with E-state index in [-0.39, 0.29) is 12.5 Å². The summed E-state index contributed by atoms with van der Waals surface area (Å²) in [5.74, 6) is 1.28. The number of carbonyl (C=O) groups is 1. The molecule has 0 unspecified atom stereocenters. The van der Waals surface area contributed by atoms with E-state index in [0.717, 1.165) is 17.7 Å². The maximum atomic E-state index is 12.1. The number of hydrogen-bond acceptors (Lipinski definition) is 3. The van der Waals surface area contributed by atoms with Crippen LogP contribution in [0.25, 0.3) is 0 Å². The van der Waals surface area contributed by atoms with Crippen molar-refractivity contribution in [3.05, 3.63) is 53.6 Å². The minimum absolute atomic E-state index is 0.0232. The molecule has 0 aromatic heterocycles. The van der Waals surface area contributed by atoms with Gasteiger partial charge in [0.2, 0.25) is 0 Å². The van der Waals surface area contributed by atoms with Crippen LogP contribution >= 0.6 is 0 Å². The van der Waals surface area contributed by atoms with Gasteiger partial charge < -0.3 is 14.8 Å². The van der Waals surface area contributed by atoms with E-state index in [9.17, 15) is 4.79 Å². The number of ether oxygens (including phenoxy) is 2. The van der Waals surface area contributed by atoms with Gasteiger partial charge in [0.05, 0.1) is 6.61 Å². The first-order valence-electron chi connectivity index (χ1n) is 9.31. The molecule has 26 heavy (non-hydrogen) atoms. The van der Waals surface area contributed by atoms with Crippen LogP contribution in [0.1, 0.15) is 43.7 Å². The Kier molecular flexibility index (Phi) is 8.00. The monoisotopic (exact) mass is 355 g/mol. The SMILES string of the molecule is CCCCCCOc1cccc(NC(=O)COc2ccc(C)c(C)c2)c1. The Morgan fingerprint density at radius 2 is 1.73 bits per heavy atom. The smallest absolute Gasteiger partial charge is 0.262 e. The highest BCUT2D eigenvalue weighted by atomic mass is 16.5. The van der Waals surface area contributed by atoms with Gasteiger partial charge in [-0.15, -0.1) is 0 Å². The topological polar surface area (TPSA) is 47.6 Å². The lowest BCUT2D eigenvalue weighted by atomic mass is 10.1. The van der Waals surface area contributed by atoms with Crippen LogP contribution in [0.3, 0.4) is 0 Å². The number of nitrogens with one attached hydrogen (secondary N) is 1. The van der Waals surface area contributed by atoms with Gasteiger partial charge in [-0.3, -0.25) is 4.79 Å². The lowest BCUT2D eigenvalue weighted by Crippen LogP contribution is -2.20. The van der Waals surface area contributed by atoms with Gasteiger partial charge in [0, 0.05) is 11.8 Å². The van der Waals surface area contributed by atoms with Crippen molar-refractivity contribution in [1.29, 1.82) is 0 Å². The second-order valence-electron chi connectivity index (χ2n) is 6.52. The van der Waals surface area contributed by atoms with E-state index in [1.165, 1.54) is 24.8 Å². The van der Waals surface area contributed by atoms with E-state index in [1.807, 2.05) is 56.3 Å². The molecule has 0 bridgehead atoms. The Balaban J connectivity index is 1.79. The van der Waals surface area contributed by atoms with Crippen LogP contribution < -0.4 is 14.8 Å². The van der Waals surface area contributed by atoms with Crippen LogP contribution in [0.5, 0.6) is 11.5 Å². The molecule has 0 spiro atoms. The van der Waals surface area contributed by atoms with E-state index in [0.29, 0.717) is 18.0 Å². The zero-order valence-corrected chi connectivity index (χ0v) is 16.0. The lowest BCUT2D eigenvalue weighted by Gasteiger charge is -2.11. The number of benzene rings is 2. The molecule has 2 rings (SSSR count). The molecule has 140 valence electrons. The minimum Gasteiger partial charge on any atom is -0.494 e. The predicted molar refractivity (Wildman–Crippen MR) is 106 cm³/mol. The van der Waals surface area contributed by atoms with Crippen molar-refractivity contribution in [3.8, 4) is 11.5 Å². The summed E-state index contributed by atoms with van der Waals surface area (Å²) in [6.45, 7) is 6.94. The minimum atomic E-state index is -0.191. The summed E-state index contributed by atoms with van der Waals surface area (Å²) in [7, 11) is 0. The normalized spacial score (nSPS) is 10.4. The van der Waals surface area contributed by atoms with Crippen molar-refractivity contribution in [2.45, 2.75) is 46.5 Å². The number of amides is 1. The van der Waals surface area contributed by atoms with Crippen LogP contribution in [0.4, 0.5) is 5.69 Å². The molecule has 0 saturated carbocycles. The number of aryl methyl sites for hydroxylation is 2. The molecule has 1 N–H and O–H groups in total. The van der Waals surface area contributed by atoms with Gasteiger partial charge in [-0.25, -0.2) is 0 Å². The summed E-state index contributed by atoms with van der Waals surface area (Å²) < 4.78 is 11.3. The maximum absolute atomic E-state index is 12.1. The van der Waals surface area contributed by atoms with Crippen molar-refractivity contribution in [2.75, 3.05) is 18.5 Å². The number of anilines is 1. The summed E-state index contributed by atoms with van der Waals surface area (Å²) in [5.41, 5.74) is 3.06. The fraction of sp³-hybridized carbons (Fsp3) is 0.409. The highest BCUT2D eigenvalue weighted by Crippen LogP contribution is 2.19. The average molecular weight is 355 g/mol. The molecule has 2 aromatic carbocycles. The van der Waals surface area contributed by atoms with Gasteiger partial charge in [0.15, 0.2) is 6.61 Å². The van der Waals surface area contributed by atoms with E-state index in [4.69, 9.17) is 9.47 Å². The number of hydrogen-bond donors (Lipinski definition) is 1. The van der Waals surface area contributed by atoms with Crippen LogP contribution in [0.2, 0.25) is 0 Å². The quantitative estimate of drug-likeness (QED) is 0.590. The van der Waals surface area contributed by atoms with E-state index >= 15 is 0 Å². The highest BCUT2D eigenvalue weighted by Gasteiger charge is 2.06. The summed E-state index contributed by atoms with van der Waals surface area (Å²) in [6, 6.07) is 13.3. The molecule has 1 amide bonds. The van der Waals surface area contributed by atoms with Crippen molar-refractivity contribution < 1.29 is 14.3 Å². The standard InChI is InChI=1S/C22H29NO3/c1-4-5-6-7-13-25-20-10-8-9-19(15-20)23-22(24)16-26-21-12-11-17(2)18(3)14-21/h8-12,14-15H,4-7,13,16H2,1-3H3,(H,23,24). The Bertz CT molecular complexity index is 712. The van der Waals surface area contributed by atoms with E-state index < -0.39 is 0 Å². The zero-order chi connectivity index (χ0) is 18.8. The molecule has 0 aliphatic rings. The summed E-state index contributed by atoms with van der Waals surface area (Å²) in [5, 5.41) is 2.85. The maximum Gasteiger partial charge on any atom is 0.262 e. The predicted octanol–water partition coefficient (Wildman–Crippen LogP) is 5.28. The third-order valence-corrected chi connectivity index (χ3v) is 4.23. The molecule has 0 aliphatic carbocycles. The van der Waals surface area contributed by atoms with Crippen LogP contribution in [0.15, 0.2) is 42.5 Å². The second kappa shape index (κ2) is 10.5. The first kappa shape index (κ1) is 19.8. The van der Waals surface area contributed by atoms with E-state index in [2.05, 4.69) is 12.2 Å². The highest BCUT2D eigenvalue weighted by molar-refractivity contribution is 5.92. The summed E-state index contributed by atoms with van der Waals surface area (Å²) in [6.07, 6.45) is 4.68. The molecule has 0 atom stereocenters.